The van der Waals surface area contributed by atoms with Crippen molar-refractivity contribution in [2.45, 2.75) is 37.0 Å². The highest BCUT2D eigenvalue weighted by Gasteiger charge is 2.29. The number of carbonyl (C=O) groups excluding carboxylic acids is 1. The van der Waals surface area contributed by atoms with Gasteiger partial charge in [0, 0.05) is 37.8 Å². The summed E-state index contributed by atoms with van der Waals surface area (Å²) in [5, 5.41) is 2.71. The number of piperidine rings is 1. The second kappa shape index (κ2) is 11.9. The van der Waals surface area contributed by atoms with Gasteiger partial charge in [-0.25, -0.2) is 16.8 Å². The fraction of sp³-hybridized carbons (Fsp3) is 0.458. The Morgan fingerprint density at radius 1 is 1.00 bits per heavy atom. The van der Waals surface area contributed by atoms with Crippen LogP contribution in [0.3, 0.4) is 0 Å². The largest absolute Gasteiger partial charge is 0.497 e. The Balaban J connectivity index is 1.68. The van der Waals surface area contributed by atoms with Crippen molar-refractivity contribution in [1.29, 1.82) is 0 Å². The maximum Gasteiger partial charge on any atom is 0.246 e. The van der Waals surface area contributed by atoms with Gasteiger partial charge in [0.1, 0.15) is 16.4 Å². The van der Waals surface area contributed by atoms with Gasteiger partial charge in [-0.05, 0) is 49.6 Å². The molecule has 2 aromatic rings. The Morgan fingerprint density at radius 3 is 2.36 bits per heavy atom. The molecule has 0 aliphatic carbocycles. The first kappa shape index (κ1) is 27.8. The molecule has 1 aliphatic rings. The van der Waals surface area contributed by atoms with E-state index in [-0.39, 0.29) is 35.9 Å². The fourth-order valence-electron chi connectivity index (χ4n) is 4.06. The highest BCUT2D eigenvalue weighted by atomic mass is 32.2. The number of nitrogens with one attached hydrogen (secondary N) is 1. The van der Waals surface area contributed by atoms with Crippen LogP contribution in [0.5, 0.6) is 11.5 Å². The molecular weight excluding hydrogens is 506 g/mol. The van der Waals surface area contributed by atoms with Crippen molar-refractivity contribution in [3.8, 4) is 11.5 Å². The van der Waals surface area contributed by atoms with Crippen LogP contribution in [0.2, 0.25) is 0 Å². The number of rotatable bonds is 11. The average Bonchev–Trinajstić information content (AvgIpc) is 2.86. The van der Waals surface area contributed by atoms with Crippen LogP contribution in [0.15, 0.2) is 47.4 Å². The quantitative estimate of drug-likeness (QED) is 0.466. The molecule has 0 spiro atoms. The molecule has 0 saturated carbocycles. The molecule has 36 heavy (non-hydrogen) atoms. The van der Waals surface area contributed by atoms with E-state index in [4.69, 9.17) is 9.47 Å². The summed E-state index contributed by atoms with van der Waals surface area (Å²) in [7, 11) is -4.45. The van der Waals surface area contributed by atoms with Crippen LogP contribution < -0.4 is 19.1 Å². The van der Waals surface area contributed by atoms with Crippen LogP contribution in [-0.4, -0.2) is 67.2 Å². The van der Waals surface area contributed by atoms with E-state index in [0.717, 1.165) is 25.5 Å². The second-order valence-electron chi connectivity index (χ2n) is 8.52. The Kier molecular flexibility index (Phi) is 9.20. The lowest BCUT2D eigenvalue weighted by atomic mass is 10.2. The second-order valence-corrected chi connectivity index (χ2v) is 12.3. The third-order valence-corrected chi connectivity index (χ3v) is 9.00. The third-order valence-electron chi connectivity index (χ3n) is 5.89. The van der Waals surface area contributed by atoms with Crippen molar-refractivity contribution in [3.05, 3.63) is 42.5 Å². The van der Waals surface area contributed by atoms with Crippen LogP contribution in [0.4, 0.5) is 11.4 Å². The molecule has 0 radical (unpaired) electrons. The van der Waals surface area contributed by atoms with Gasteiger partial charge >= 0.3 is 0 Å². The lowest BCUT2D eigenvalue weighted by molar-refractivity contribution is -0.116. The molecule has 0 bridgehead atoms. The number of amides is 1. The van der Waals surface area contributed by atoms with E-state index >= 15 is 0 Å². The number of anilines is 2. The summed E-state index contributed by atoms with van der Waals surface area (Å²) in [6, 6.07) is 11.2. The lowest BCUT2D eigenvalue weighted by Crippen LogP contribution is -2.35. The molecule has 1 heterocycles. The number of benzene rings is 2. The zero-order valence-electron chi connectivity index (χ0n) is 20.8. The molecule has 0 aromatic heterocycles. The molecule has 1 saturated heterocycles. The van der Waals surface area contributed by atoms with Crippen molar-refractivity contribution in [1.82, 2.24) is 4.31 Å². The van der Waals surface area contributed by atoms with Crippen molar-refractivity contribution < 1.29 is 31.1 Å². The number of carbonyl (C=O) groups is 1. The predicted octanol–water partition coefficient (Wildman–Crippen LogP) is 3.06. The van der Waals surface area contributed by atoms with Crippen LogP contribution >= 0.6 is 0 Å². The summed E-state index contributed by atoms with van der Waals surface area (Å²) in [6.45, 7) is 0.995. The maximum absolute atomic E-state index is 13.2. The smallest absolute Gasteiger partial charge is 0.246 e. The molecule has 12 heteroatoms. The molecule has 0 unspecified atom stereocenters. The summed E-state index contributed by atoms with van der Waals surface area (Å²) in [4.78, 5) is 12.6. The number of nitrogens with zero attached hydrogens (tertiary/aromatic N) is 2. The molecule has 1 amide bonds. The van der Waals surface area contributed by atoms with Crippen LogP contribution in [0.25, 0.3) is 0 Å². The molecule has 10 nitrogen and oxygen atoms in total. The molecule has 2 aromatic carbocycles. The molecular formula is C24H33N3O7S2. The maximum atomic E-state index is 13.2. The minimum absolute atomic E-state index is 0.00553. The number of sulfonamides is 2. The van der Waals surface area contributed by atoms with Crippen LogP contribution in [0.1, 0.15) is 32.1 Å². The molecule has 1 N–H and O–H groups in total. The highest BCUT2D eigenvalue weighted by molar-refractivity contribution is 7.92. The summed E-state index contributed by atoms with van der Waals surface area (Å²) in [5.41, 5.74) is 0.768. The minimum atomic E-state index is -3.77. The van der Waals surface area contributed by atoms with E-state index in [1.807, 2.05) is 0 Å². The van der Waals surface area contributed by atoms with E-state index in [2.05, 4.69) is 5.32 Å². The van der Waals surface area contributed by atoms with Gasteiger partial charge in [-0.1, -0.05) is 12.5 Å². The fourth-order valence-corrected chi connectivity index (χ4v) is 6.71. The normalized spacial score (nSPS) is 14.8. The molecule has 0 atom stereocenters. The Hall–Kier alpha value is -2.83. The molecule has 1 aliphatic heterocycles. The number of methoxy groups -OCH3 is 2. The number of hydrogen-bond acceptors (Lipinski definition) is 7. The number of ether oxygens (including phenoxy) is 2. The van der Waals surface area contributed by atoms with E-state index in [1.165, 1.54) is 35.0 Å². The average molecular weight is 540 g/mol. The van der Waals surface area contributed by atoms with Gasteiger partial charge in [-0.3, -0.25) is 9.10 Å². The SMILES string of the molecule is COc1cccc(N(CCCC(=O)Nc2ccc(OC)c(S(=O)(=O)N3CCCCC3)c2)S(C)(=O)=O)c1. The Labute approximate surface area is 213 Å². The van der Waals surface area contributed by atoms with Crippen LogP contribution in [0, 0.1) is 0 Å². The van der Waals surface area contributed by atoms with Crippen molar-refractivity contribution >= 4 is 37.3 Å². The zero-order valence-corrected chi connectivity index (χ0v) is 22.4. The Bertz CT molecular complexity index is 1270. The minimum Gasteiger partial charge on any atom is -0.497 e. The van der Waals surface area contributed by atoms with Gasteiger partial charge in [0.2, 0.25) is 26.0 Å². The van der Waals surface area contributed by atoms with Crippen molar-refractivity contribution in [2.75, 3.05) is 49.7 Å². The summed E-state index contributed by atoms with van der Waals surface area (Å²) < 4.78 is 64.2. The summed E-state index contributed by atoms with van der Waals surface area (Å²) in [6.07, 6.45) is 4.00. The highest BCUT2D eigenvalue weighted by Crippen LogP contribution is 2.31. The van der Waals surface area contributed by atoms with E-state index in [0.29, 0.717) is 30.2 Å². The van der Waals surface area contributed by atoms with Gasteiger partial charge in [0.15, 0.2) is 0 Å². The van der Waals surface area contributed by atoms with E-state index in [9.17, 15) is 21.6 Å². The molecule has 1 fully saturated rings. The number of hydrogen-bond donors (Lipinski definition) is 1. The summed E-state index contributed by atoms with van der Waals surface area (Å²) >= 11 is 0. The van der Waals surface area contributed by atoms with E-state index in [1.54, 1.807) is 30.3 Å². The predicted molar refractivity (Wildman–Crippen MR) is 139 cm³/mol. The van der Waals surface area contributed by atoms with Crippen molar-refractivity contribution in [3.63, 3.8) is 0 Å². The van der Waals surface area contributed by atoms with Crippen molar-refractivity contribution in [2.24, 2.45) is 0 Å². The Morgan fingerprint density at radius 2 is 1.72 bits per heavy atom. The standard InChI is InChI=1S/C24H33N3O7S2/c1-33-21-10-7-9-20(18-21)27(35(3,29)30)16-8-11-24(28)25-19-12-13-22(34-2)23(17-19)36(31,32)26-14-5-4-6-15-26/h7,9-10,12-13,17-18H,4-6,8,11,14-16H2,1-3H3,(H,25,28). The first-order valence-corrected chi connectivity index (χ1v) is 14.9. The van der Waals surface area contributed by atoms with Gasteiger partial charge in [-0.2, -0.15) is 4.31 Å². The molecule has 198 valence electrons. The van der Waals surface area contributed by atoms with Gasteiger partial charge in [-0.15, -0.1) is 0 Å². The van der Waals surface area contributed by atoms with Crippen LogP contribution in [-0.2, 0) is 24.8 Å². The molecule has 3 rings (SSSR count). The topological polar surface area (TPSA) is 122 Å². The van der Waals surface area contributed by atoms with Gasteiger partial charge in [0.05, 0.1) is 26.2 Å². The third kappa shape index (κ3) is 6.89. The first-order chi connectivity index (χ1) is 17.1. The van der Waals surface area contributed by atoms with E-state index < -0.39 is 20.0 Å². The summed E-state index contributed by atoms with van der Waals surface area (Å²) in [5.74, 6) is 0.370. The first-order valence-electron chi connectivity index (χ1n) is 11.7. The zero-order chi connectivity index (χ0) is 26.3. The van der Waals surface area contributed by atoms with Gasteiger partial charge in [0.25, 0.3) is 0 Å². The monoisotopic (exact) mass is 539 g/mol. The van der Waals surface area contributed by atoms with Gasteiger partial charge < -0.3 is 14.8 Å². The lowest BCUT2D eigenvalue weighted by Gasteiger charge is -2.26.